The molecule has 2 aromatic carbocycles. The van der Waals surface area contributed by atoms with Crippen LogP contribution in [-0.4, -0.2) is 35.2 Å². The number of nitrogens with zero attached hydrogens (tertiary/aromatic N) is 3. The SMILES string of the molecule is COc1cc(NC(=O)Cc2c(C)nn(-c3ccccc3)c2C)ccc1N1CCCC1=O. The number of hydrogen-bond donors (Lipinski definition) is 1. The van der Waals surface area contributed by atoms with Gasteiger partial charge >= 0.3 is 0 Å². The molecule has 0 bridgehead atoms. The Kier molecular flexibility index (Phi) is 5.75. The third-order valence-electron chi connectivity index (χ3n) is 5.61. The molecular weight excluding hydrogens is 392 g/mol. The van der Waals surface area contributed by atoms with Crippen molar-refractivity contribution in [3.63, 3.8) is 0 Å². The molecule has 0 aliphatic carbocycles. The molecule has 0 unspecified atom stereocenters. The Labute approximate surface area is 181 Å². The molecule has 1 aliphatic rings. The first-order valence-corrected chi connectivity index (χ1v) is 10.4. The van der Waals surface area contributed by atoms with Gasteiger partial charge in [0, 0.05) is 36.0 Å². The highest BCUT2D eigenvalue weighted by Gasteiger charge is 2.24. The monoisotopic (exact) mass is 418 g/mol. The fraction of sp³-hybridized carbons (Fsp3) is 0.292. The number of ether oxygens (including phenoxy) is 1. The molecular formula is C24H26N4O3. The summed E-state index contributed by atoms with van der Waals surface area (Å²) >= 11 is 0. The number of carbonyl (C=O) groups is 2. The second kappa shape index (κ2) is 8.63. The van der Waals surface area contributed by atoms with E-state index in [-0.39, 0.29) is 18.2 Å². The third-order valence-corrected chi connectivity index (χ3v) is 5.61. The van der Waals surface area contributed by atoms with Gasteiger partial charge in [-0.3, -0.25) is 9.59 Å². The Morgan fingerprint density at radius 3 is 2.61 bits per heavy atom. The van der Waals surface area contributed by atoms with E-state index in [9.17, 15) is 9.59 Å². The molecule has 0 saturated carbocycles. The van der Waals surface area contributed by atoms with Crippen molar-refractivity contribution in [1.82, 2.24) is 9.78 Å². The van der Waals surface area contributed by atoms with Crippen molar-refractivity contribution < 1.29 is 14.3 Å². The van der Waals surface area contributed by atoms with Crippen LogP contribution < -0.4 is 15.0 Å². The first-order valence-electron chi connectivity index (χ1n) is 10.4. The second-order valence-corrected chi connectivity index (χ2v) is 7.66. The van der Waals surface area contributed by atoms with Gasteiger partial charge in [0.05, 0.1) is 30.6 Å². The maximum atomic E-state index is 12.8. The zero-order valence-electron chi connectivity index (χ0n) is 18.0. The number of anilines is 2. The summed E-state index contributed by atoms with van der Waals surface area (Å²) in [6.45, 7) is 4.57. The number of nitrogens with one attached hydrogen (secondary N) is 1. The summed E-state index contributed by atoms with van der Waals surface area (Å²) in [5.41, 5.74) is 5.01. The van der Waals surface area contributed by atoms with Gasteiger partial charge < -0.3 is 15.0 Å². The lowest BCUT2D eigenvalue weighted by Gasteiger charge is -2.19. The molecule has 160 valence electrons. The van der Waals surface area contributed by atoms with Crippen LogP contribution in [0.3, 0.4) is 0 Å². The average Bonchev–Trinajstić information content (AvgIpc) is 3.32. The molecule has 1 fully saturated rings. The Balaban J connectivity index is 1.51. The van der Waals surface area contributed by atoms with Crippen molar-refractivity contribution in [3.05, 3.63) is 65.5 Å². The molecule has 0 atom stereocenters. The Morgan fingerprint density at radius 1 is 1.16 bits per heavy atom. The number of aryl methyl sites for hydroxylation is 1. The number of rotatable bonds is 6. The molecule has 1 aliphatic heterocycles. The van der Waals surface area contributed by atoms with Crippen LogP contribution in [0.4, 0.5) is 11.4 Å². The fourth-order valence-electron chi connectivity index (χ4n) is 4.00. The smallest absolute Gasteiger partial charge is 0.228 e. The molecule has 0 spiro atoms. The lowest BCUT2D eigenvalue weighted by Crippen LogP contribution is -2.24. The predicted octanol–water partition coefficient (Wildman–Crippen LogP) is 3.81. The van der Waals surface area contributed by atoms with Crippen LogP contribution in [-0.2, 0) is 16.0 Å². The van der Waals surface area contributed by atoms with Crippen LogP contribution in [0.25, 0.3) is 5.69 Å². The number of para-hydroxylation sites is 1. The Hall–Kier alpha value is -3.61. The summed E-state index contributed by atoms with van der Waals surface area (Å²) in [5, 5.41) is 7.55. The number of methoxy groups -OCH3 is 1. The van der Waals surface area contributed by atoms with E-state index in [1.165, 1.54) is 0 Å². The zero-order valence-corrected chi connectivity index (χ0v) is 18.0. The summed E-state index contributed by atoms with van der Waals surface area (Å²) in [4.78, 5) is 26.6. The Morgan fingerprint density at radius 2 is 1.94 bits per heavy atom. The highest BCUT2D eigenvalue weighted by molar-refractivity contribution is 5.98. The van der Waals surface area contributed by atoms with E-state index in [0.29, 0.717) is 24.4 Å². The van der Waals surface area contributed by atoms with Gasteiger partial charge in [0.25, 0.3) is 0 Å². The predicted molar refractivity (Wildman–Crippen MR) is 120 cm³/mol. The molecule has 7 heteroatoms. The minimum atomic E-state index is -0.133. The van der Waals surface area contributed by atoms with E-state index in [1.54, 1.807) is 24.1 Å². The molecule has 7 nitrogen and oxygen atoms in total. The number of benzene rings is 2. The van der Waals surface area contributed by atoms with Gasteiger partial charge in [-0.25, -0.2) is 4.68 Å². The summed E-state index contributed by atoms with van der Waals surface area (Å²) in [7, 11) is 1.57. The standard InChI is InChI=1S/C24H26N4O3/c1-16-20(17(2)28(26-16)19-8-5-4-6-9-19)15-23(29)25-18-11-12-21(22(14-18)31-3)27-13-7-10-24(27)30/h4-6,8-9,11-12,14H,7,10,13,15H2,1-3H3,(H,25,29). The summed E-state index contributed by atoms with van der Waals surface area (Å²) in [6, 6.07) is 15.2. The summed E-state index contributed by atoms with van der Waals surface area (Å²) < 4.78 is 7.34. The lowest BCUT2D eigenvalue weighted by molar-refractivity contribution is -0.117. The number of amides is 2. The minimum Gasteiger partial charge on any atom is -0.494 e. The molecule has 1 saturated heterocycles. The quantitative estimate of drug-likeness (QED) is 0.661. The molecule has 1 N–H and O–H groups in total. The number of carbonyl (C=O) groups excluding carboxylic acids is 2. The largest absolute Gasteiger partial charge is 0.494 e. The van der Waals surface area contributed by atoms with Crippen LogP contribution in [0.5, 0.6) is 5.75 Å². The van der Waals surface area contributed by atoms with Crippen molar-refractivity contribution in [1.29, 1.82) is 0 Å². The highest BCUT2D eigenvalue weighted by atomic mass is 16.5. The van der Waals surface area contributed by atoms with Crippen LogP contribution in [0.15, 0.2) is 48.5 Å². The van der Waals surface area contributed by atoms with E-state index in [1.807, 2.05) is 54.9 Å². The lowest BCUT2D eigenvalue weighted by atomic mass is 10.1. The third kappa shape index (κ3) is 4.17. The highest BCUT2D eigenvalue weighted by Crippen LogP contribution is 2.34. The van der Waals surface area contributed by atoms with Crippen LogP contribution in [0, 0.1) is 13.8 Å². The van der Waals surface area contributed by atoms with Crippen molar-refractivity contribution in [3.8, 4) is 11.4 Å². The maximum absolute atomic E-state index is 12.8. The second-order valence-electron chi connectivity index (χ2n) is 7.66. The first-order chi connectivity index (χ1) is 15.0. The summed E-state index contributed by atoms with van der Waals surface area (Å²) in [5.74, 6) is 0.527. The normalized spacial score (nSPS) is 13.5. The maximum Gasteiger partial charge on any atom is 0.228 e. The van der Waals surface area contributed by atoms with E-state index in [0.717, 1.165) is 34.7 Å². The fourth-order valence-corrected chi connectivity index (χ4v) is 4.00. The van der Waals surface area contributed by atoms with Gasteiger partial charge in [-0.15, -0.1) is 0 Å². The molecule has 3 aromatic rings. The number of hydrogen-bond acceptors (Lipinski definition) is 4. The van der Waals surface area contributed by atoms with Gasteiger partial charge in [-0.2, -0.15) is 5.10 Å². The minimum absolute atomic E-state index is 0.0939. The van der Waals surface area contributed by atoms with Crippen LogP contribution >= 0.6 is 0 Å². The van der Waals surface area contributed by atoms with Gasteiger partial charge in [-0.1, -0.05) is 18.2 Å². The topological polar surface area (TPSA) is 76.5 Å². The van der Waals surface area contributed by atoms with Crippen LogP contribution in [0.2, 0.25) is 0 Å². The van der Waals surface area contributed by atoms with E-state index >= 15 is 0 Å². The average molecular weight is 418 g/mol. The molecule has 4 rings (SSSR count). The Bertz CT molecular complexity index is 1120. The number of aromatic nitrogens is 2. The van der Waals surface area contributed by atoms with Crippen molar-refractivity contribution in [2.24, 2.45) is 0 Å². The van der Waals surface area contributed by atoms with Crippen molar-refractivity contribution in [2.45, 2.75) is 33.1 Å². The van der Waals surface area contributed by atoms with Gasteiger partial charge in [0.1, 0.15) is 5.75 Å². The van der Waals surface area contributed by atoms with Gasteiger partial charge in [0.15, 0.2) is 0 Å². The van der Waals surface area contributed by atoms with Gasteiger partial charge in [0.2, 0.25) is 11.8 Å². The molecule has 2 amide bonds. The molecule has 0 radical (unpaired) electrons. The van der Waals surface area contributed by atoms with E-state index < -0.39 is 0 Å². The van der Waals surface area contributed by atoms with Crippen molar-refractivity contribution >= 4 is 23.2 Å². The molecule has 2 heterocycles. The first kappa shape index (κ1) is 20.7. The van der Waals surface area contributed by atoms with E-state index in [4.69, 9.17) is 4.74 Å². The summed E-state index contributed by atoms with van der Waals surface area (Å²) in [6.07, 6.45) is 1.62. The van der Waals surface area contributed by atoms with Gasteiger partial charge in [-0.05, 0) is 44.5 Å². The van der Waals surface area contributed by atoms with Crippen molar-refractivity contribution in [2.75, 3.05) is 23.9 Å². The van der Waals surface area contributed by atoms with E-state index in [2.05, 4.69) is 10.4 Å². The zero-order chi connectivity index (χ0) is 22.0. The van der Waals surface area contributed by atoms with Crippen LogP contribution in [0.1, 0.15) is 29.8 Å². The molecule has 31 heavy (non-hydrogen) atoms. The molecule has 1 aromatic heterocycles.